The Labute approximate surface area is 122 Å². The average Bonchev–Trinajstić information content (AvgIpc) is 2.50. The lowest BCUT2D eigenvalue weighted by molar-refractivity contribution is -0.142. The Hall–Kier alpha value is -1.10. The number of rotatable bonds is 7. The number of amides is 2. The summed E-state index contributed by atoms with van der Waals surface area (Å²) in [4.78, 5) is 26.0. The number of hydrogen-bond donors (Lipinski definition) is 2. The van der Waals surface area contributed by atoms with Crippen molar-refractivity contribution in [2.75, 3.05) is 20.1 Å². The third kappa shape index (κ3) is 4.78. The Morgan fingerprint density at radius 1 is 1.35 bits per heavy atom. The molecule has 116 valence electrons. The summed E-state index contributed by atoms with van der Waals surface area (Å²) in [5.41, 5.74) is 5.59. The summed E-state index contributed by atoms with van der Waals surface area (Å²) < 4.78 is 0. The molecule has 0 aromatic rings. The smallest absolute Gasteiger partial charge is 0.242 e. The minimum absolute atomic E-state index is 0.0351. The van der Waals surface area contributed by atoms with Gasteiger partial charge in [0.25, 0.3) is 0 Å². The van der Waals surface area contributed by atoms with E-state index in [1.807, 2.05) is 0 Å². The van der Waals surface area contributed by atoms with Crippen LogP contribution in [0, 0.1) is 5.92 Å². The van der Waals surface area contributed by atoms with E-state index in [1.54, 1.807) is 11.9 Å². The molecule has 5 heteroatoms. The maximum Gasteiger partial charge on any atom is 0.242 e. The highest BCUT2D eigenvalue weighted by Crippen LogP contribution is 2.21. The molecule has 0 bridgehead atoms. The SMILES string of the molecule is CCC(CCN)CCC(=O)N1CCCCC1C(=O)NC. The van der Waals surface area contributed by atoms with Crippen molar-refractivity contribution in [2.45, 2.75) is 57.9 Å². The lowest BCUT2D eigenvalue weighted by Crippen LogP contribution is -2.51. The molecular weight excluding hydrogens is 254 g/mol. The third-order valence-corrected chi connectivity index (χ3v) is 4.29. The minimum atomic E-state index is -0.268. The van der Waals surface area contributed by atoms with E-state index in [0.717, 1.165) is 38.5 Å². The maximum absolute atomic E-state index is 12.4. The van der Waals surface area contributed by atoms with Crippen molar-refractivity contribution in [2.24, 2.45) is 11.7 Å². The largest absolute Gasteiger partial charge is 0.357 e. The lowest BCUT2D eigenvalue weighted by atomic mass is 9.95. The van der Waals surface area contributed by atoms with Crippen molar-refractivity contribution in [3.63, 3.8) is 0 Å². The minimum Gasteiger partial charge on any atom is -0.357 e. The van der Waals surface area contributed by atoms with Gasteiger partial charge >= 0.3 is 0 Å². The van der Waals surface area contributed by atoms with E-state index < -0.39 is 0 Å². The van der Waals surface area contributed by atoms with Gasteiger partial charge in [0.15, 0.2) is 0 Å². The molecule has 1 aliphatic heterocycles. The van der Waals surface area contributed by atoms with E-state index in [1.165, 1.54) is 0 Å². The first kappa shape index (κ1) is 17.0. The lowest BCUT2D eigenvalue weighted by Gasteiger charge is -2.34. The fraction of sp³-hybridized carbons (Fsp3) is 0.867. The van der Waals surface area contributed by atoms with E-state index in [2.05, 4.69) is 12.2 Å². The first-order valence-corrected chi connectivity index (χ1v) is 7.85. The predicted molar refractivity (Wildman–Crippen MR) is 80.1 cm³/mol. The number of nitrogens with zero attached hydrogens (tertiary/aromatic N) is 1. The van der Waals surface area contributed by atoms with Crippen LogP contribution in [0.1, 0.15) is 51.9 Å². The van der Waals surface area contributed by atoms with Crippen molar-refractivity contribution < 1.29 is 9.59 Å². The zero-order valence-corrected chi connectivity index (χ0v) is 12.9. The van der Waals surface area contributed by atoms with Gasteiger partial charge in [-0.2, -0.15) is 0 Å². The summed E-state index contributed by atoms with van der Waals surface area (Å²) in [5.74, 6) is 0.605. The molecule has 0 aromatic carbocycles. The van der Waals surface area contributed by atoms with Gasteiger partial charge in [0.1, 0.15) is 6.04 Å². The van der Waals surface area contributed by atoms with Gasteiger partial charge in [0.05, 0.1) is 0 Å². The van der Waals surface area contributed by atoms with E-state index in [9.17, 15) is 9.59 Å². The number of carbonyl (C=O) groups is 2. The summed E-state index contributed by atoms with van der Waals surface area (Å²) in [6.45, 7) is 3.53. The van der Waals surface area contributed by atoms with E-state index in [-0.39, 0.29) is 17.9 Å². The third-order valence-electron chi connectivity index (χ3n) is 4.29. The fourth-order valence-corrected chi connectivity index (χ4v) is 2.93. The summed E-state index contributed by atoms with van der Waals surface area (Å²) in [6.07, 6.45) is 6.25. The molecule has 5 nitrogen and oxygen atoms in total. The quantitative estimate of drug-likeness (QED) is 0.739. The molecule has 0 aromatic heterocycles. The van der Waals surface area contributed by atoms with Crippen LogP contribution in [0.25, 0.3) is 0 Å². The molecule has 0 spiro atoms. The number of likely N-dealkylation sites (N-methyl/N-ethyl adjacent to an activating group) is 1. The van der Waals surface area contributed by atoms with Gasteiger partial charge in [0.2, 0.25) is 11.8 Å². The van der Waals surface area contributed by atoms with Crippen LogP contribution >= 0.6 is 0 Å². The van der Waals surface area contributed by atoms with Gasteiger partial charge in [0, 0.05) is 20.0 Å². The van der Waals surface area contributed by atoms with Gasteiger partial charge in [-0.1, -0.05) is 13.3 Å². The molecule has 3 N–H and O–H groups in total. The van der Waals surface area contributed by atoms with Gasteiger partial charge < -0.3 is 16.0 Å². The molecule has 2 unspecified atom stereocenters. The van der Waals surface area contributed by atoms with Crippen LogP contribution in [0.3, 0.4) is 0 Å². The van der Waals surface area contributed by atoms with Crippen molar-refractivity contribution in [3.8, 4) is 0 Å². The Bertz CT molecular complexity index is 320. The van der Waals surface area contributed by atoms with E-state index in [0.29, 0.717) is 25.4 Å². The predicted octanol–water partition coefficient (Wildman–Crippen LogP) is 1.27. The first-order valence-electron chi connectivity index (χ1n) is 7.85. The highest BCUT2D eigenvalue weighted by atomic mass is 16.2. The number of hydrogen-bond acceptors (Lipinski definition) is 3. The van der Waals surface area contributed by atoms with E-state index in [4.69, 9.17) is 5.73 Å². The van der Waals surface area contributed by atoms with Gasteiger partial charge in [-0.05, 0) is 44.6 Å². The summed E-state index contributed by atoms with van der Waals surface area (Å²) in [5, 5.41) is 2.67. The zero-order chi connectivity index (χ0) is 15.0. The average molecular weight is 283 g/mol. The normalized spacial score (nSPS) is 20.6. The number of nitrogens with one attached hydrogen (secondary N) is 1. The van der Waals surface area contributed by atoms with Crippen LogP contribution in [0.4, 0.5) is 0 Å². The van der Waals surface area contributed by atoms with Crippen LogP contribution < -0.4 is 11.1 Å². The summed E-state index contributed by atoms with van der Waals surface area (Å²) in [7, 11) is 1.63. The molecule has 1 aliphatic rings. The molecule has 2 atom stereocenters. The standard InChI is InChI=1S/C15H29N3O2/c1-3-12(9-10-16)7-8-14(19)18-11-5-4-6-13(18)15(20)17-2/h12-13H,3-11,16H2,1-2H3,(H,17,20). The topological polar surface area (TPSA) is 75.4 Å². The summed E-state index contributed by atoms with van der Waals surface area (Å²) in [6, 6.07) is -0.268. The van der Waals surface area contributed by atoms with Crippen LogP contribution in [0.2, 0.25) is 0 Å². The number of piperidine rings is 1. The number of likely N-dealkylation sites (tertiary alicyclic amines) is 1. The van der Waals surface area contributed by atoms with Gasteiger partial charge in [-0.25, -0.2) is 0 Å². The Morgan fingerprint density at radius 3 is 2.70 bits per heavy atom. The first-order chi connectivity index (χ1) is 9.63. The van der Waals surface area contributed by atoms with Crippen LogP contribution in [0.5, 0.6) is 0 Å². The second kappa shape index (κ2) is 8.95. The molecule has 0 aliphatic carbocycles. The van der Waals surface area contributed by atoms with Crippen molar-refractivity contribution in [1.29, 1.82) is 0 Å². The molecule has 1 rings (SSSR count). The Balaban J connectivity index is 2.52. The van der Waals surface area contributed by atoms with Crippen molar-refractivity contribution in [3.05, 3.63) is 0 Å². The number of carbonyl (C=O) groups excluding carboxylic acids is 2. The highest BCUT2D eigenvalue weighted by Gasteiger charge is 2.31. The maximum atomic E-state index is 12.4. The van der Waals surface area contributed by atoms with Crippen molar-refractivity contribution in [1.82, 2.24) is 10.2 Å². The van der Waals surface area contributed by atoms with Crippen molar-refractivity contribution >= 4 is 11.8 Å². The van der Waals surface area contributed by atoms with Crippen LogP contribution in [0.15, 0.2) is 0 Å². The van der Waals surface area contributed by atoms with E-state index >= 15 is 0 Å². The molecule has 1 saturated heterocycles. The molecule has 0 radical (unpaired) electrons. The second-order valence-electron chi connectivity index (χ2n) is 5.60. The molecule has 0 saturated carbocycles. The Morgan fingerprint density at radius 2 is 2.10 bits per heavy atom. The molecule has 1 fully saturated rings. The summed E-state index contributed by atoms with van der Waals surface area (Å²) >= 11 is 0. The van der Waals surface area contributed by atoms with Gasteiger partial charge in [-0.15, -0.1) is 0 Å². The molecule has 20 heavy (non-hydrogen) atoms. The molecular formula is C15H29N3O2. The fourth-order valence-electron chi connectivity index (χ4n) is 2.93. The van der Waals surface area contributed by atoms with Crippen LogP contribution in [-0.4, -0.2) is 42.9 Å². The molecule has 2 amide bonds. The Kier molecular flexibility index (Phi) is 7.59. The number of nitrogens with two attached hydrogens (primary N) is 1. The van der Waals surface area contributed by atoms with Gasteiger partial charge in [-0.3, -0.25) is 9.59 Å². The molecule has 1 heterocycles. The monoisotopic (exact) mass is 283 g/mol. The van der Waals surface area contributed by atoms with Crippen LogP contribution in [-0.2, 0) is 9.59 Å². The zero-order valence-electron chi connectivity index (χ0n) is 12.9. The highest BCUT2D eigenvalue weighted by molar-refractivity contribution is 5.87. The second-order valence-corrected chi connectivity index (χ2v) is 5.60.